The fraction of sp³-hybridized carbons (Fsp3) is 0.440. The number of sulfonamides is 1. The largest absolute Gasteiger partial charge is 0.455 e. The number of H-pyrrole nitrogens is 1. The molecule has 16 nitrogen and oxygen atoms in total. The van der Waals surface area contributed by atoms with Crippen LogP contribution < -0.4 is 19.7 Å². The number of allylic oxidation sites excluding steroid dienone is 1. The molecule has 3 aromatic carbocycles. The summed E-state index contributed by atoms with van der Waals surface area (Å²) in [7, 11) is -6.76. The number of fused-ring (bicyclic) bond motifs is 1. The first-order chi connectivity index (χ1) is 32.8. The average molecular weight is 1000 g/mol. The van der Waals surface area contributed by atoms with Crippen LogP contribution in [0.2, 0.25) is 5.02 Å². The van der Waals surface area contributed by atoms with Gasteiger partial charge in [-0.15, -0.1) is 0 Å². The van der Waals surface area contributed by atoms with E-state index in [2.05, 4.69) is 65.0 Å². The third kappa shape index (κ3) is 12.8. The second kappa shape index (κ2) is 20.8. The van der Waals surface area contributed by atoms with E-state index in [4.69, 9.17) is 16.3 Å². The van der Waals surface area contributed by atoms with Crippen LogP contribution in [0.4, 0.5) is 17.1 Å². The molecular weight excluding hydrogens is 938 g/mol. The van der Waals surface area contributed by atoms with Crippen LogP contribution in [0.3, 0.4) is 0 Å². The Kier molecular flexibility index (Phi) is 15.1. The van der Waals surface area contributed by atoms with Gasteiger partial charge in [-0.25, -0.2) is 22.5 Å². The molecule has 0 unspecified atom stereocenters. The van der Waals surface area contributed by atoms with Crippen molar-refractivity contribution >= 4 is 70.9 Å². The minimum absolute atomic E-state index is 0.0485. The zero-order valence-corrected chi connectivity index (χ0v) is 42.3. The van der Waals surface area contributed by atoms with E-state index in [1.165, 1.54) is 35.0 Å². The lowest BCUT2D eigenvalue weighted by atomic mass is 9.72. The third-order valence-corrected chi connectivity index (χ3v) is 15.7. The number of hydrogen-bond acceptors (Lipinski definition) is 13. The number of nitro benzene ring substituents is 1. The molecule has 368 valence electrons. The molecule has 0 radical (unpaired) electrons. The fourth-order valence-corrected chi connectivity index (χ4v) is 11.5. The number of rotatable bonds is 16. The summed E-state index contributed by atoms with van der Waals surface area (Å²) < 4.78 is 52.7. The van der Waals surface area contributed by atoms with Crippen molar-refractivity contribution in [3.63, 3.8) is 0 Å². The molecule has 1 atom stereocenters. The first-order valence-corrected chi connectivity index (χ1v) is 27.7. The lowest BCUT2D eigenvalue weighted by molar-refractivity contribution is -0.384. The van der Waals surface area contributed by atoms with Gasteiger partial charge in [0, 0.05) is 115 Å². The van der Waals surface area contributed by atoms with Crippen molar-refractivity contribution in [1.29, 1.82) is 0 Å². The van der Waals surface area contributed by atoms with Crippen molar-refractivity contribution in [2.24, 2.45) is 9.78 Å². The summed E-state index contributed by atoms with van der Waals surface area (Å²) in [5, 5.41) is 17.0. The standard InChI is InChI=1S/C50H62ClN9O7S2/c1-34(16-21-57-22-17-39(18-23-57)55-68(4,5)64)54-45-13-11-42(30-46(45)60(62)63)69(65,66)56-49(61)43-12-10-40(29-47(43)67-41-28-36-15-20-52-48(36)53-32-41)59-26-24-58(25-27-59)33-37-14-19-50(2,3)31-44(37)35-6-8-38(51)9-7-35/h6-13,15,20,28-30,32,34,39,54H,14,16-19,21-27,31,33H2,1-5H3,(H,52,53)(H,56,61)/t34-/m0/s1. The molecule has 19 heteroatoms. The van der Waals surface area contributed by atoms with Crippen LogP contribution in [-0.2, 0) is 19.8 Å². The van der Waals surface area contributed by atoms with Crippen molar-refractivity contribution in [3.05, 3.63) is 117 Å². The van der Waals surface area contributed by atoms with Crippen LogP contribution in [0.5, 0.6) is 11.5 Å². The van der Waals surface area contributed by atoms with E-state index in [0.29, 0.717) is 30.9 Å². The summed E-state index contributed by atoms with van der Waals surface area (Å²) in [6.07, 6.45) is 12.1. The number of ether oxygens (including phenoxy) is 1. The van der Waals surface area contributed by atoms with Crippen LogP contribution in [0.1, 0.15) is 75.2 Å². The predicted molar refractivity (Wildman–Crippen MR) is 275 cm³/mol. The van der Waals surface area contributed by atoms with Crippen molar-refractivity contribution < 1.29 is 27.1 Å². The number of nitro groups is 1. The van der Waals surface area contributed by atoms with Gasteiger partial charge in [-0.1, -0.05) is 43.2 Å². The zero-order valence-electron chi connectivity index (χ0n) is 39.9. The fourth-order valence-electron chi connectivity index (χ4n) is 9.49. The van der Waals surface area contributed by atoms with Gasteiger partial charge in [0.1, 0.15) is 22.8 Å². The van der Waals surface area contributed by atoms with Gasteiger partial charge in [0.15, 0.2) is 0 Å². The molecule has 4 heterocycles. The molecule has 1 amide bonds. The molecule has 69 heavy (non-hydrogen) atoms. The van der Waals surface area contributed by atoms with Gasteiger partial charge in [0.2, 0.25) is 0 Å². The van der Waals surface area contributed by atoms with E-state index in [9.17, 15) is 27.5 Å². The third-order valence-electron chi connectivity index (χ3n) is 13.3. The second-order valence-corrected chi connectivity index (χ2v) is 24.3. The number of piperidine rings is 1. The van der Waals surface area contributed by atoms with Crippen LogP contribution in [0.25, 0.3) is 16.6 Å². The molecular formula is C50H62ClN9O7S2. The van der Waals surface area contributed by atoms with E-state index in [0.717, 1.165) is 93.5 Å². The molecule has 2 saturated heterocycles. The maximum Gasteiger partial charge on any atom is 0.293 e. The van der Waals surface area contributed by atoms with Crippen molar-refractivity contribution in [3.8, 4) is 11.5 Å². The molecule has 8 rings (SSSR count). The zero-order chi connectivity index (χ0) is 49.1. The highest BCUT2D eigenvalue weighted by molar-refractivity contribution is 7.92. The number of piperazine rings is 1. The summed E-state index contributed by atoms with van der Waals surface area (Å²) in [5.74, 6) is -0.504. The minimum atomic E-state index is -4.60. The molecule has 1 aliphatic carbocycles. The predicted octanol–water partition coefficient (Wildman–Crippen LogP) is 9.20. The number of benzene rings is 3. The van der Waals surface area contributed by atoms with Crippen LogP contribution in [0, 0.1) is 15.5 Å². The van der Waals surface area contributed by atoms with Gasteiger partial charge in [-0.3, -0.25) is 24.0 Å². The van der Waals surface area contributed by atoms with E-state index in [1.54, 1.807) is 43.0 Å². The lowest BCUT2D eigenvalue weighted by Gasteiger charge is -2.39. The maximum absolute atomic E-state index is 14.0. The lowest BCUT2D eigenvalue weighted by Crippen LogP contribution is -2.47. The Hall–Kier alpha value is -5.53. The molecule has 0 bridgehead atoms. The summed E-state index contributed by atoms with van der Waals surface area (Å²) in [4.78, 5) is 39.8. The summed E-state index contributed by atoms with van der Waals surface area (Å²) in [6.45, 7) is 12.9. The summed E-state index contributed by atoms with van der Waals surface area (Å²) in [6, 6.07) is 20.3. The quantitative estimate of drug-likeness (QED) is 0.0627. The number of amides is 1. The van der Waals surface area contributed by atoms with Gasteiger partial charge in [-0.2, -0.15) is 0 Å². The van der Waals surface area contributed by atoms with Gasteiger partial charge >= 0.3 is 0 Å². The Balaban J connectivity index is 0.956. The number of pyridine rings is 1. The topological polar surface area (TPSA) is 195 Å². The van der Waals surface area contributed by atoms with E-state index >= 15 is 0 Å². The Bertz CT molecular complexity index is 2960. The van der Waals surface area contributed by atoms with Gasteiger partial charge < -0.3 is 24.8 Å². The molecule has 3 aliphatic rings. The first-order valence-electron chi connectivity index (χ1n) is 23.5. The Morgan fingerprint density at radius 3 is 2.43 bits per heavy atom. The monoisotopic (exact) mass is 999 g/mol. The molecule has 5 aromatic rings. The number of carbonyl (C=O) groups is 1. The molecule has 0 saturated carbocycles. The number of nitrogens with one attached hydrogen (secondary N) is 3. The number of hydrogen-bond donors (Lipinski definition) is 3. The van der Waals surface area contributed by atoms with Gasteiger partial charge in [0.25, 0.3) is 21.6 Å². The SMILES string of the molecule is C[C@@H](CCN1CCC(N=S(C)(C)=O)CC1)Nc1ccc(S(=O)(=O)NC(=O)c2ccc(N3CCN(CC4=C(c5ccc(Cl)cc5)CC(C)(C)CC4)CC3)cc2Oc2cnc3[nH]ccc3c2)cc1[N+](=O)[O-]. The Labute approximate surface area is 410 Å². The number of aromatic nitrogens is 2. The van der Waals surface area contributed by atoms with Crippen molar-refractivity contribution in [2.75, 3.05) is 75.1 Å². The number of likely N-dealkylation sites (tertiary alicyclic amines) is 1. The molecule has 2 aliphatic heterocycles. The summed E-state index contributed by atoms with van der Waals surface area (Å²) in [5.41, 5.74) is 5.44. The van der Waals surface area contributed by atoms with Crippen molar-refractivity contribution in [1.82, 2.24) is 24.5 Å². The van der Waals surface area contributed by atoms with Gasteiger partial charge in [-0.05, 0) is 111 Å². The van der Waals surface area contributed by atoms with Crippen LogP contribution >= 0.6 is 11.6 Å². The van der Waals surface area contributed by atoms with E-state index in [-0.39, 0.29) is 34.5 Å². The highest BCUT2D eigenvalue weighted by atomic mass is 35.5. The number of halogens is 1. The molecule has 2 aromatic heterocycles. The minimum Gasteiger partial charge on any atom is -0.455 e. The Morgan fingerprint density at radius 2 is 1.72 bits per heavy atom. The maximum atomic E-state index is 14.0. The van der Waals surface area contributed by atoms with Gasteiger partial charge in [0.05, 0.1) is 27.6 Å². The highest BCUT2D eigenvalue weighted by Crippen LogP contribution is 2.43. The number of nitrogens with zero attached hydrogens (tertiary/aromatic N) is 6. The normalized spacial score (nSPS) is 18.0. The average Bonchev–Trinajstić information content (AvgIpc) is 3.77. The molecule has 0 spiro atoms. The van der Waals surface area contributed by atoms with Crippen molar-refractivity contribution in [2.45, 2.75) is 76.3 Å². The second-order valence-electron chi connectivity index (χ2n) is 19.6. The van der Waals surface area contributed by atoms with E-state index in [1.807, 2.05) is 25.1 Å². The number of anilines is 2. The smallest absolute Gasteiger partial charge is 0.293 e. The highest BCUT2D eigenvalue weighted by Gasteiger charge is 2.31. The molecule has 3 N–H and O–H groups in total. The molecule has 2 fully saturated rings. The summed E-state index contributed by atoms with van der Waals surface area (Å²) >= 11 is 6.25. The number of aromatic amines is 1. The number of carbonyl (C=O) groups excluding carboxylic acids is 1. The van der Waals surface area contributed by atoms with Crippen LogP contribution in [0.15, 0.2) is 100 Å². The van der Waals surface area contributed by atoms with E-state index < -0.39 is 41.2 Å². The Morgan fingerprint density at radius 1 is 0.986 bits per heavy atom. The van der Waals surface area contributed by atoms with Crippen LogP contribution in [-0.4, -0.2) is 120 Å². The first kappa shape index (κ1) is 49.9.